The number of esters is 1. The minimum absolute atomic E-state index is 0.0794. The van der Waals surface area contributed by atoms with E-state index in [1.165, 1.54) is 19.2 Å². The first-order valence-corrected chi connectivity index (χ1v) is 6.15. The largest absolute Gasteiger partial charge is 0.497 e. The molecule has 0 atom stereocenters. The molecule has 0 spiro atoms. The van der Waals surface area contributed by atoms with Crippen LogP contribution in [0.2, 0.25) is 0 Å². The number of carbonyl (C=O) groups is 2. The Balaban J connectivity index is 2.18. The maximum Gasteiger partial charge on any atom is 0.356 e. The molecule has 21 heavy (non-hydrogen) atoms. The van der Waals surface area contributed by atoms with E-state index in [1.807, 2.05) is 0 Å². The van der Waals surface area contributed by atoms with Gasteiger partial charge in [-0.2, -0.15) is 0 Å². The molecule has 0 aliphatic heterocycles. The Kier molecular flexibility index (Phi) is 4.50. The molecule has 1 amide bonds. The van der Waals surface area contributed by atoms with Crippen LogP contribution >= 0.6 is 0 Å². The minimum atomic E-state index is -0.592. The van der Waals surface area contributed by atoms with Crippen molar-refractivity contribution in [1.29, 1.82) is 0 Å². The Morgan fingerprint density at radius 1 is 1.05 bits per heavy atom. The fourth-order valence-electron chi connectivity index (χ4n) is 1.68. The maximum atomic E-state index is 12.1. The molecule has 0 saturated carbocycles. The molecule has 1 aromatic heterocycles. The molecule has 0 aliphatic rings. The molecule has 6 heteroatoms. The molecule has 1 heterocycles. The maximum absolute atomic E-state index is 12.1. The summed E-state index contributed by atoms with van der Waals surface area (Å²) in [7, 11) is 2.80. The molecule has 1 N–H and O–H groups in total. The zero-order valence-electron chi connectivity index (χ0n) is 11.6. The highest BCUT2D eigenvalue weighted by Gasteiger charge is 2.12. The molecule has 0 fully saturated rings. The van der Waals surface area contributed by atoms with Crippen molar-refractivity contribution in [2.24, 2.45) is 0 Å². The summed E-state index contributed by atoms with van der Waals surface area (Å²) in [6, 6.07) is 11.5. The lowest BCUT2D eigenvalue weighted by atomic mass is 10.2. The summed E-state index contributed by atoms with van der Waals surface area (Å²) in [6.07, 6.45) is 0. The number of benzene rings is 1. The van der Waals surface area contributed by atoms with Crippen LogP contribution in [0.15, 0.2) is 42.5 Å². The van der Waals surface area contributed by atoms with Crippen LogP contribution in [0.5, 0.6) is 5.75 Å². The summed E-state index contributed by atoms with van der Waals surface area (Å²) < 4.78 is 9.65. The Morgan fingerprint density at radius 2 is 1.76 bits per heavy atom. The second kappa shape index (κ2) is 6.51. The SMILES string of the molecule is COC(=O)c1cccc(C(=O)Nc2cccc(OC)c2)n1. The molecule has 1 aromatic carbocycles. The molecule has 108 valence electrons. The van der Waals surface area contributed by atoms with Crippen molar-refractivity contribution in [3.8, 4) is 5.75 Å². The van der Waals surface area contributed by atoms with Gasteiger partial charge >= 0.3 is 5.97 Å². The van der Waals surface area contributed by atoms with Crippen molar-refractivity contribution in [3.05, 3.63) is 53.9 Å². The van der Waals surface area contributed by atoms with Crippen LogP contribution in [0.4, 0.5) is 5.69 Å². The van der Waals surface area contributed by atoms with Crippen LogP contribution in [0, 0.1) is 0 Å². The number of amides is 1. The number of hydrogen-bond acceptors (Lipinski definition) is 5. The fourth-order valence-corrected chi connectivity index (χ4v) is 1.68. The van der Waals surface area contributed by atoms with E-state index in [1.54, 1.807) is 37.4 Å². The van der Waals surface area contributed by atoms with Crippen LogP contribution in [-0.2, 0) is 4.74 Å². The van der Waals surface area contributed by atoms with Crippen molar-refractivity contribution >= 4 is 17.6 Å². The fraction of sp³-hybridized carbons (Fsp3) is 0.133. The third-order valence-corrected chi connectivity index (χ3v) is 2.70. The van der Waals surface area contributed by atoms with E-state index in [0.29, 0.717) is 11.4 Å². The molecule has 0 bridgehead atoms. The molecule has 2 aromatic rings. The zero-order valence-corrected chi connectivity index (χ0v) is 11.6. The van der Waals surface area contributed by atoms with Crippen LogP contribution < -0.4 is 10.1 Å². The van der Waals surface area contributed by atoms with Gasteiger partial charge in [0.05, 0.1) is 14.2 Å². The predicted molar refractivity (Wildman–Crippen MR) is 76.5 cm³/mol. The third kappa shape index (κ3) is 3.56. The lowest BCUT2D eigenvalue weighted by Crippen LogP contribution is -2.16. The molecule has 6 nitrogen and oxygen atoms in total. The number of ether oxygens (including phenoxy) is 2. The van der Waals surface area contributed by atoms with E-state index in [-0.39, 0.29) is 11.4 Å². The van der Waals surface area contributed by atoms with Gasteiger partial charge in [0.1, 0.15) is 17.1 Å². The summed E-state index contributed by atoms with van der Waals surface area (Å²) in [5.74, 6) is -0.385. The van der Waals surface area contributed by atoms with E-state index >= 15 is 0 Å². The van der Waals surface area contributed by atoms with E-state index in [2.05, 4.69) is 15.0 Å². The topological polar surface area (TPSA) is 77.5 Å². The van der Waals surface area contributed by atoms with Gasteiger partial charge in [-0.1, -0.05) is 12.1 Å². The Morgan fingerprint density at radius 3 is 2.48 bits per heavy atom. The highest BCUT2D eigenvalue weighted by atomic mass is 16.5. The standard InChI is InChI=1S/C15H14N2O4/c1-20-11-6-3-5-10(9-11)16-14(18)12-7-4-8-13(17-12)15(19)21-2/h3-9H,1-2H3,(H,16,18). The van der Waals surface area contributed by atoms with Crippen LogP contribution in [0.1, 0.15) is 21.0 Å². The quantitative estimate of drug-likeness (QED) is 0.871. The number of anilines is 1. The number of methoxy groups -OCH3 is 2. The van der Waals surface area contributed by atoms with Gasteiger partial charge in [0, 0.05) is 11.8 Å². The average molecular weight is 286 g/mol. The van der Waals surface area contributed by atoms with Gasteiger partial charge in [0.2, 0.25) is 0 Å². The minimum Gasteiger partial charge on any atom is -0.497 e. The van der Waals surface area contributed by atoms with E-state index in [0.717, 1.165) is 0 Å². The van der Waals surface area contributed by atoms with Gasteiger partial charge < -0.3 is 14.8 Å². The first-order chi connectivity index (χ1) is 10.1. The first-order valence-electron chi connectivity index (χ1n) is 6.15. The van der Waals surface area contributed by atoms with E-state index < -0.39 is 11.9 Å². The summed E-state index contributed by atoms with van der Waals surface area (Å²) in [5.41, 5.74) is 0.779. The van der Waals surface area contributed by atoms with Gasteiger partial charge in [0.25, 0.3) is 5.91 Å². The van der Waals surface area contributed by atoms with Crippen molar-refractivity contribution in [2.75, 3.05) is 19.5 Å². The molecule has 0 aliphatic carbocycles. The smallest absolute Gasteiger partial charge is 0.356 e. The van der Waals surface area contributed by atoms with Gasteiger partial charge in [-0.3, -0.25) is 4.79 Å². The molecule has 0 saturated heterocycles. The second-order valence-corrected chi connectivity index (χ2v) is 4.09. The lowest BCUT2D eigenvalue weighted by molar-refractivity contribution is 0.0594. The van der Waals surface area contributed by atoms with Gasteiger partial charge in [-0.05, 0) is 24.3 Å². The van der Waals surface area contributed by atoms with E-state index in [4.69, 9.17) is 4.74 Å². The molecular weight excluding hydrogens is 272 g/mol. The Bertz CT molecular complexity index is 670. The zero-order chi connectivity index (χ0) is 15.2. The van der Waals surface area contributed by atoms with Crippen LogP contribution in [0.3, 0.4) is 0 Å². The first kappa shape index (κ1) is 14.5. The summed E-state index contributed by atoms with van der Waals surface area (Å²) in [5, 5.41) is 2.68. The number of nitrogens with zero attached hydrogens (tertiary/aromatic N) is 1. The summed E-state index contributed by atoms with van der Waals surface area (Å²) in [6.45, 7) is 0. The molecular formula is C15H14N2O4. The molecule has 0 unspecified atom stereocenters. The molecule has 0 radical (unpaired) electrons. The Hall–Kier alpha value is -2.89. The van der Waals surface area contributed by atoms with Crippen molar-refractivity contribution in [2.45, 2.75) is 0 Å². The number of pyridine rings is 1. The number of nitrogens with one attached hydrogen (secondary N) is 1. The summed E-state index contributed by atoms with van der Waals surface area (Å²) >= 11 is 0. The number of aromatic nitrogens is 1. The lowest BCUT2D eigenvalue weighted by Gasteiger charge is -2.07. The van der Waals surface area contributed by atoms with Crippen LogP contribution in [0.25, 0.3) is 0 Å². The van der Waals surface area contributed by atoms with E-state index in [9.17, 15) is 9.59 Å². The molecule has 2 rings (SSSR count). The van der Waals surface area contributed by atoms with Gasteiger partial charge in [-0.15, -0.1) is 0 Å². The van der Waals surface area contributed by atoms with Crippen LogP contribution in [-0.4, -0.2) is 31.1 Å². The van der Waals surface area contributed by atoms with Gasteiger partial charge in [0.15, 0.2) is 0 Å². The van der Waals surface area contributed by atoms with Gasteiger partial charge in [-0.25, -0.2) is 9.78 Å². The van der Waals surface area contributed by atoms with Crippen molar-refractivity contribution in [1.82, 2.24) is 4.98 Å². The van der Waals surface area contributed by atoms with Crippen molar-refractivity contribution < 1.29 is 19.1 Å². The Labute approximate surface area is 121 Å². The number of hydrogen-bond donors (Lipinski definition) is 1. The highest BCUT2D eigenvalue weighted by Crippen LogP contribution is 2.17. The third-order valence-electron chi connectivity index (χ3n) is 2.70. The summed E-state index contributed by atoms with van der Waals surface area (Å²) in [4.78, 5) is 27.5. The number of rotatable bonds is 4. The average Bonchev–Trinajstić information content (AvgIpc) is 2.54. The monoisotopic (exact) mass is 286 g/mol. The normalized spacial score (nSPS) is 9.81. The van der Waals surface area contributed by atoms with Crippen molar-refractivity contribution in [3.63, 3.8) is 0 Å². The predicted octanol–water partition coefficient (Wildman–Crippen LogP) is 2.13. The highest BCUT2D eigenvalue weighted by molar-refractivity contribution is 6.03. The number of carbonyl (C=O) groups excluding carboxylic acids is 2. The second-order valence-electron chi connectivity index (χ2n) is 4.09.